The first-order valence-electron chi connectivity index (χ1n) is 8.43. The molecule has 1 N–H and O–H groups in total. The van der Waals surface area contributed by atoms with Gasteiger partial charge in [-0.05, 0) is 47.3 Å². The summed E-state index contributed by atoms with van der Waals surface area (Å²) in [6.45, 7) is 0. The highest BCUT2D eigenvalue weighted by Gasteiger charge is 2.31. The molecule has 0 aliphatic heterocycles. The predicted molar refractivity (Wildman–Crippen MR) is 110 cm³/mol. The molecule has 0 saturated heterocycles. The molecule has 1 aromatic heterocycles. The van der Waals surface area contributed by atoms with E-state index >= 15 is 0 Å². The number of thiocarbonyl (C=S) groups is 1. The van der Waals surface area contributed by atoms with Crippen LogP contribution in [0.15, 0.2) is 66.0 Å². The second kappa shape index (κ2) is 7.51. The number of imidazole rings is 1. The summed E-state index contributed by atoms with van der Waals surface area (Å²) in [6.07, 6.45) is -1.41. The van der Waals surface area contributed by atoms with Gasteiger partial charge in [-0.1, -0.05) is 30.4 Å². The molecule has 4 rings (SSSR count). The molecule has 0 atom stereocenters. The maximum atomic E-state index is 12.3. The summed E-state index contributed by atoms with van der Waals surface area (Å²) in [7, 11) is 0. The zero-order valence-electron chi connectivity index (χ0n) is 14.7. The third-order valence-electron chi connectivity index (χ3n) is 4.25. The van der Waals surface area contributed by atoms with Gasteiger partial charge in [0.1, 0.15) is 12.1 Å². The van der Waals surface area contributed by atoms with Crippen molar-refractivity contribution in [3.8, 4) is 11.4 Å². The van der Waals surface area contributed by atoms with E-state index in [4.69, 9.17) is 0 Å². The quantitative estimate of drug-likeness (QED) is 0.285. The normalized spacial score (nSPS) is 12.0. The van der Waals surface area contributed by atoms with Crippen LogP contribution in [0.2, 0.25) is 0 Å². The fourth-order valence-corrected chi connectivity index (χ4v) is 3.13. The summed E-state index contributed by atoms with van der Waals surface area (Å²) in [5.41, 5.74) is 7.11. The highest BCUT2D eigenvalue weighted by molar-refractivity contribution is 7.78. The van der Waals surface area contributed by atoms with E-state index in [1.807, 2.05) is 34.9 Å². The molecule has 1 heterocycles. The van der Waals surface area contributed by atoms with Gasteiger partial charge in [-0.15, -0.1) is 13.2 Å². The number of ether oxygens (including phenoxy) is 1. The lowest BCUT2D eigenvalue weighted by Gasteiger charge is -2.10. The van der Waals surface area contributed by atoms with E-state index in [0.717, 1.165) is 27.4 Å². The summed E-state index contributed by atoms with van der Waals surface area (Å²) in [4.78, 5) is 4.50. The molecule has 0 bridgehead atoms. The van der Waals surface area contributed by atoms with Crippen molar-refractivity contribution in [1.82, 2.24) is 15.0 Å². The lowest BCUT2D eigenvalue weighted by atomic mass is 10.1. The minimum atomic E-state index is -4.72. The first-order valence-corrected chi connectivity index (χ1v) is 8.90. The second-order valence-electron chi connectivity index (χ2n) is 6.08. The summed E-state index contributed by atoms with van der Waals surface area (Å²) in [6, 6.07) is 15.4. The Labute approximate surface area is 168 Å². The molecule has 5 nitrogen and oxygen atoms in total. The minimum Gasteiger partial charge on any atom is -0.406 e. The van der Waals surface area contributed by atoms with E-state index in [9.17, 15) is 13.2 Å². The van der Waals surface area contributed by atoms with Gasteiger partial charge in [-0.3, -0.25) is 9.99 Å². The number of benzene rings is 3. The smallest absolute Gasteiger partial charge is 0.406 e. The lowest BCUT2D eigenvalue weighted by molar-refractivity contribution is -0.274. The molecule has 9 heteroatoms. The maximum Gasteiger partial charge on any atom is 0.573 e. The Kier molecular flexibility index (Phi) is 4.89. The number of halogens is 3. The zero-order chi connectivity index (χ0) is 20.4. The molecule has 0 aliphatic rings. The van der Waals surface area contributed by atoms with Gasteiger partial charge >= 0.3 is 6.36 Å². The average Bonchev–Trinajstić information content (AvgIpc) is 3.12. The molecular weight excluding hydrogens is 401 g/mol. The number of nitrogens with one attached hydrogen (secondary N) is 1. The molecule has 0 fully saturated rings. The third kappa shape index (κ3) is 4.04. The molecule has 0 unspecified atom stereocenters. The molecule has 0 amide bonds. The van der Waals surface area contributed by atoms with Gasteiger partial charge in [-0.2, -0.15) is 5.10 Å². The second-order valence-corrected chi connectivity index (χ2v) is 6.31. The van der Waals surface area contributed by atoms with Gasteiger partial charge in [0.15, 0.2) is 0 Å². The summed E-state index contributed by atoms with van der Waals surface area (Å²) in [5, 5.41) is 5.91. The SMILES string of the molecule is FC(F)(F)Oc1ccc(-n2cnc3c4ccc(/C=N/NC=S)cc4ccc32)cc1. The first-order chi connectivity index (χ1) is 13.9. The molecule has 146 valence electrons. The molecule has 0 aliphatic carbocycles. The Morgan fingerprint density at radius 1 is 1.07 bits per heavy atom. The van der Waals surface area contributed by atoms with Gasteiger partial charge in [0.25, 0.3) is 0 Å². The Bertz CT molecular complexity index is 1220. The Balaban J connectivity index is 1.70. The Morgan fingerprint density at radius 2 is 1.86 bits per heavy atom. The number of aromatic nitrogens is 2. The highest BCUT2D eigenvalue weighted by Crippen LogP contribution is 2.28. The van der Waals surface area contributed by atoms with Crippen LogP contribution in [0.1, 0.15) is 5.56 Å². The van der Waals surface area contributed by atoms with Crippen LogP contribution in [0.3, 0.4) is 0 Å². The number of hydrogen-bond acceptors (Lipinski definition) is 4. The average molecular weight is 414 g/mol. The number of fused-ring (bicyclic) bond motifs is 3. The van der Waals surface area contributed by atoms with Crippen molar-refractivity contribution in [1.29, 1.82) is 0 Å². The number of alkyl halides is 3. The molecule has 0 spiro atoms. The monoisotopic (exact) mass is 414 g/mol. The van der Waals surface area contributed by atoms with E-state index < -0.39 is 6.36 Å². The zero-order valence-corrected chi connectivity index (χ0v) is 15.5. The minimum absolute atomic E-state index is 0.270. The summed E-state index contributed by atoms with van der Waals surface area (Å²) in [5.74, 6) is -0.270. The van der Waals surface area contributed by atoms with Gasteiger partial charge in [0.2, 0.25) is 0 Å². The van der Waals surface area contributed by atoms with Crippen LogP contribution in [0.25, 0.3) is 27.5 Å². The molecule has 0 saturated carbocycles. The van der Waals surface area contributed by atoms with Gasteiger partial charge in [0.05, 0.1) is 22.7 Å². The van der Waals surface area contributed by atoms with Crippen LogP contribution in [0, 0.1) is 0 Å². The van der Waals surface area contributed by atoms with Crippen molar-refractivity contribution >= 4 is 45.7 Å². The van der Waals surface area contributed by atoms with E-state index in [2.05, 4.69) is 32.5 Å². The van der Waals surface area contributed by atoms with Crippen molar-refractivity contribution < 1.29 is 17.9 Å². The molecular formula is C20H13F3N4OS. The molecule has 0 radical (unpaired) electrons. The summed E-state index contributed by atoms with van der Waals surface area (Å²) < 4.78 is 42.7. The number of rotatable bonds is 5. The van der Waals surface area contributed by atoms with Crippen LogP contribution in [-0.2, 0) is 0 Å². The van der Waals surface area contributed by atoms with Crippen molar-refractivity contribution in [2.45, 2.75) is 6.36 Å². The van der Waals surface area contributed by atoms with Crippen LogP contribution in [-0.4, -0.2) is 27.6 Å². The topological polar surface area (TPSA) is 51.4 Å². The van der Waals surface area contributed by atoms with Gasteiger partial charge in [-0.25, -0.2) is 4.98 Å². The number of hydrazone groups is 1. The van der Waals surface area contributed by atoms with Gasteiger partial charge in [0, 0.05) is 11.1 Å². The standard InChI is InChI=1S/C20H13F3N4OS/c21-20(22,23)28-16-5-3-15(4-6-16)27-11-24-19-17-7-1-13(10-25-26-12-29)9-14(17)2-8-18(19)27/h1-12H,(H,26,29)/b25-10+. The van der Waals surface area contributed by atoms with Crippen molar-refractivity contribution in [3.63, 3.8) is 0 Å². The largest absolute Gasteiger partial charge is 0.573 e. The maximum absolute atomic E-state index is 12.3. The van der Waals surface area contributed by atoms with E-state index in [-0.39, 0.29) is 5.75 Å². The van der Waals surface area contributed by atoms with E-state index in [0.29, 0.717) is 5.69 Å². The first kappa shape index (κ1) is 18.9. The van der Waals surface area contributed by atoms with Crippen LogP contribution in [0.4, 0.5) is 13.2 Å². The summed E-state index contributed by atoms with van der Waals surface area (Å²) >= 11 is 4.65. The fraction of sp³-hybridized carbons (Fsp3) is 0.0500. The van der Waals surface area contributed by atoms with Crippen molar-refractivity contribution in [3.05, 3.63) is 66.5 Å². The third-order valence-corrected chi connectivity index (χ3v) is 4.35. The Hall–Kier alpha value is -3.46. The van der Waals surface area contributed by atoms with Crippen LogP contribution < -0.4 is 10.2 Å². The molecule has 29 heavy (non-hydrogen) atoms. The number of nitrogens with zero attached hydrogens (tertiary/aromatic N) is 3. The molecule has 4 aromatic rings. The van der Waals surface area contributed by atoms with Crippen molar-refractivity contribution in [2.24, 2.45) is 5.10 Å². The Morgan fingerprint density at radius 3 is 2.59 bits per heavy atom. The van der Waals surface area contributed by atoms with E-state index in [1.165, 1.54) is 17.6 Å². The van der Waals surface area contributed by atoms with Gasteiger partial charge < -0.3 is 4.74 Å². The number of hydrogen-bond donors (Lipinski definition) is 1. The van der Waals surface area contributed by atoms with E-state index in [1.54, 1.807) is 24.7 Å². The predicted octanol–water partition coefficient (Wildman–Crippen LogP) is 4.96. The van der Waals surface area contributed by atoms with Crippen LogP contribution >= 0.6 is 12.2 Å². The van der Waals surface area contributed by atoms with Crippen molar-refractivity contribution in [2.75, 3.05) is 0 Å². The molecule has 3 aromatic carbocycles. The highest BCUT2D eigenvalue weighted by atomic mass is 32.1. The fourth-order valence-electron chi connectivity index (χ4n) is 3.06. The van der Waals surface area contributed by atoms with Crippen LogP contribution in [0.5, 0.6) is 5.75 Å². The lowest BCUT2D eigenvalue weighted by Crippen LogP contribution is -2.17.